The first-order valence-corrected chi connectivity index (χ1v) is 8.50. The number of nitrogens with zero attached hydrogens (tertiary/aromatic N) is 1. The summed E-state index contributed by atoms with van der Waals surface area (Å²) >= 11 is 5.81. The number of allylic oxidation sites excluding steroid dienone is 1. The molecule has 1 aliphatic rings. The van der Waals surface area contributed by atoms with Gasteiger partial charge in [-0.2, -0.15) is 0 Å². The lowest BCUT2D eigenvalue weighted by Gasteiger charge is -2.16. The smallest absolute Gasteiger partial charge is 0.313 e. The molecule has 0 N–H and O–H groups in total. The molecule has 0 spiro atoms. The lowest BCUT2D eigenvalue weighted by atomic mass is 9.91. The minimum atomic E-state index is -0.518. The Labute approximate surface area is 150 Å². The normalized spacial score (nSPS) is 17.7. The molecule has 2 aromatic rings. The lowest BCUT2D eigenvalue weighted by Crippen LogP contribution is -2.11. The Balaban J connectivity index is 1.75. The van der Waals surface area contributed by atoms with Crippen molar-refractivity contribution < 1.29 is 14.0 Å². The Kier molecular flexibility index (Phi) is 5.61. The summed E-state index contributed by atoms with van der Waals surface area (Å²) in [6.07, 6.45) is 5.62. The van der Waals surface area contributed by atoms with E-state index in [2.05, 4.69) is 5.16 Å². The summed E-state index contributed by atoms with van der Waals surface area (Å²) in [6.45, 7) is 0. The van der Waals surface area contributed by atoms with Gasteiger partial charge in [-0.3, -0.25) is 0 Å². The highest BCUT2D eigenvalue weighted by Gasteiger charge is 2.15. The average Bonchev–Trinajstić information content (AvgIpc) is 2.63. The van der Waals surface area contributed by atoms with Crippen molar-refractivity contribution in [1.29, 1.82) is 0 Å². The quantitative estimate of drug-likeness (QED) is 0.526. The molecule has 0 bridgehead atoms. The van der Waals surface area contributed by atoms with Crippen LogP contribution in [0.25, 0.3) is 6.08 Å². The van der Waals surface area contributed by atoms with Crippen LogP contribution in [0.1, 0.15) is 41.6 Å². The van der Waals surface area contributed by atoms with Crippen molar-refractivity contribution in [2.75, 3.05) is 0 Å². The number of carbonyl (C=O) groups excluding carboxylic acids is 1. The Morgan fingerprint density at radius 2 is 1.72 bits per heavy atom. The molecule has 0 radical (unpaired) electrons. The summed E-state index contributed by atoms with van der Waals surface area (Å²) in [6, 6.07) is 12.7. The van der Waals surface area contributed by atoms with Gasteiger partial charge < -0.3 is 4.84 Å². The number of halogens is 2. The van der Waals surface area contributed by atoms with Gasteiger partial charge in [-0.1, -0.05) is 28.9 Å². The van der Waals surface area contributed by atoms with Crippen molar-refractivity contribution in [1.82, 2.24) is 0 Å². The van der Waals surface area contributed by atoms with Crippen LogP contribution in [0.2, 0.25) is 5.02 Å². The van der Waals surface area contributed by atoms with Crippen LogP contribution in [0.4, 0.5) is 4.39 Å². The first-order valence-electron chi connectivity index (χ1n) is 8.12. The maximum atomic E-state index is 13.0. The van der Waals surface area contributed by atoms with Crippen LogP contribution >= 0.6 is 11.6 Å². The molecule has 3 rings (SSSR count). The Morgan fingerprint density at radius 1 is 1.04 bits per heavy atom. The maximum absolute atomic E-state index is 13.0. The van der Waals surface area contributed by atoms with Crippen molar-refractivity contribution in [2.45, 2.75) is 25.7 Å². The summed E-state index contributed by atoms with van der Waals surface area (Å²) in [5.41, 5.74) is 3.07. The zero-order valence-electron chi connectivity index (χ0n) is 13.5. The zero-order valence-corrected chi connectivity index (χ0v) is 14.3. The molecular weight excluding hydrogens is 341 g/mol. The molecule has 0 amide bonds. The predicted molar refractivity (Wildman–Crippen MR) is 97.1 cm³/mol. The molecule has 0 atom stereocenters. The van der Waals surface area contributed by atoms with Crippen molar-refractivity contribution in [2.24, 2.45) is 5.16 Å². The summed E-state index contributed by atoms with van der Waals surface area (Å²) < 4.78 is 13.0. The molecule has 1 saturated carbocycles. The summed E-state index contributed by atoms with van der Waals surface area (Å²) in [4.78, 5) is 17.2. The van der Waals surface area contributed by atoms with Crippen molar-refractivity contribution in [3.8, 4) is 0 Å². The Hall–Kier alpha value is -2.46. The molecule has 1 fully saturated rings. The van der Waals surface area contributed by atoms with Gasteiger partial charge >= 0.3 is 5.97 Å². The molecule has 0 aliphatic heterocycles. The van der Waals surface area contributed by atoms with Gasteiger partial charge in [0.05, 0.1) is 11.3 Å². The van der Waals surface area contributed by atoms with E-state index in [1.54, 1.807) is 36.4 Å². The van der Waals surface area contributed by atoms with E-state index in [0.29, 0.717) is 10.6 Å². The second-order valence-corrected chi connectivity index (χ2v) is 6.29. The SMILES string of the molecule is O=C(ON=C1CCCCC1=Cc1ccc(F)cc1)c1ccc(Cl)cc1. The molecule has 5 heteroatoms. The highest BCUT2D eigenvalue weighted by Crippen LogP contribution is 2.24. The van der Waals surface area contributed by atoms with Gasteiger partial charge in [0.25, 0.3) is 0 Å². The van der Waals surface area contributed by atoms with E-state index in [1.807, 2.05) is 6.08 Å². The zero-order chi connectivity index (χ0) is 17.6. The highest BCUT2D eigenvalue weighted by atomic mass is 35.5. The van der Waals surface area contributed by atoms with E-state index in [1.165, 1.54) is 12.1 Å². The molecule has 2 aromatic carbocycles. The number of hydrogen-bond donors (Lipinski definition) is 0. The van der Waals surface area contributed by atoms with E-state index in [-0.39, 0.29) is 5.82 Å². The largest absolute Gasteiger partial charge is 0.365 e. The molecule has 128 valence electrons. The second-order valence-electron chi connectivity index (χ2n) is 5.85. The molecule has 0 aromatic heterocycles. The molecular formula is C20H17ClFNO2. The van der Waals surface area contributed by atoms with Crippen molar-refractivity contribution in [3.05, 3.63) is 76.1 Å². The van der Waals surface area contributed by atoms with E-state index < -0.39 is 5.97 Å². The van der Waals surface area contributed by atoms with Gasteiger partial charge in [0, 0.05) is 5.02 Å². The summed E-state index contributed by atoms with van der Waals surface area (Å²) in [5, 5.41) is 4.62. The number of hydrogen-bond acceptors (Lipinski definition) is 3. The first-order chi connectivity index (χ1) is 12.1. The molecule has 3 nitrogen and oxygen atoms in total. The molecule has 25 heavy (non-hydrogen) atoms. The van der Waals surface area contributed by atoms with Crippen LogP contribution in [0.3, 0.4) is 0 Å². The topological polar surface area (TPSA) is 38.7 Å². The van der Waals surface area contributed by atoms with E-state index in [0.717, 1.165) is 42.5 Å². The van der Waals surface area contributed by atoms with Gasteiger partial charge in [-0.25, -0.2) is 9.18 Å². The summed E-state index contributed by atoms with van der Waals surface area (Å²) in [7, 11) is 0. The third-order valence-electron chi connectivity index (χ3n) is 4.01. The fraction of sp³-hybridized carbons (Fsp3) is 0.200. The van der Waals surface area contributed by atoms with Crippen LogP contribution in [-0.4, -0.2) is 11.7 Å². The second kappa shape index (κ2) is 8.08. The van der Waals surface area contributed by atoms with Gasteiger partial charge in [0.1, 0.15) is 5.82 Å². The number of benzene rings is 2. The fourth-order valence-electron chi connectivity index (χ4n) is 2.67. The van der Waals surface area contributed by atoms with E-state index in [9.17, 15) is 9.18 Å². The third kappa shape index (κ3) is 4.77. The van der Waals surface area contributed by atoms with Crippen LogP contribution < -0.4 is 0 Å². The highest BCUT2D eigenvalue weighted by molar-refractivity contribution is 6.30. The van der Waals surface area contributed by atoms with Gasteiger partial charge in [0.2, 0.25) is 0 Å². The van der Waals surface area contributed by atoms with Crippen LogP contribution in [-0.2, 0) is 4.84 Å². The van der Waals surface area contributed by atoms with Crippen molar-refractivity contribution in [3.63, 3.8) is 0 Å². The Bertz CT molecular complexity index is 811. The minimum absolute atomic E-state index is 0.267. The molecule has 0 saturated heterocycles. The van der Waals surface area contributed by atoms with Crippen molar-refractivity contribution >= 4 is 29.4 Å². The van der Waals surface area contributed by atoms with Crippen LogP contribution in [0.15, 0.2) is 59.3 Å². The molecule has 0 heterocycles. The molecule has 1 aliphatic carbocycles. The Morgan fingerprint density at radius 3 is 2.44 bits per heavy atom. The predicted octanol–water partition coefficient (Wildman–Crippen LogP) is 5.65. The van der Waals surface area contributed by atoms with Gasteiger partial charge in [0.15, 0.2) is 0 Å². The van der Waals surface area contributed by atoms with E-state index in [4.69, 9.17) is 16.4 Å². The lowest BCUT2D eigenvalue weighted by molar-refractivity contribution is 0.0515. The van der Waals surface area contributed by atoms with Crippen LogP contribution in [0.5, 0.6) is 0 Å². The number of carbonyl (C=O) groups is 1. The fourth-order valence-corrected chi connectivity index (χ4v) is 2.79. The van der Waals surface area contributed by atoms with Gasteiger partial charge in [-0.05, 0) is 79.3 Å². The monoisotopic (exact) mass is 357 g/mol. The number of rotatable bonds is 3. The van der Waals surface area contributed by atoms with Gasteiger partial charge in [-0.15, -0.1) is 0 Å². The standard InChI is InChI=1S/C20H17ClFNO2/c21-17-9-7-15(8-10-17)20(24)25-23-19-4-2-1-3-16(19)13-14-5-11-18(22)12-6-14/h5-13H,1-4H2. The summed E-state index contributed by atoms with van der Waals surface area (Å²) in [5.74, 6) is -0.785. The van der Waals surface area contributed by atoms with Crippen LogP contribution in [0, 0.1) is 5.82 Å². The average molecular weight is 358 g/mol. The molecule has 0 unspecified atom stereocenters. The minimum Gasteiger partial charge on any atom is -0.313 e. The number of oxime groups is 1. The van der Waals surface area contributed by atoms with E-state index >= 15 is 0 Å². The third-order valence-corrected chi connectivity index (χ3v) is 4.26. The maximum Gasteiger partial charge on any atom is 0.365 e. The first kappa shape index (κ1) is 17.4.